The molecule has 1 aliphatic rings. The fourth-order valence-corrected chi connectivity index (χ4v) is 4.11. The fraction of sp³-hybridized carbons (Fsp3) is 0.667. The first-order valence-corrected chi connectivity index (χ1v) is 7.78. The zero-order valence-electron chi connectivity index (χ0n) is 10.3. The summed E-state index contributed by atoms with van der Waals surface area (Å²) in [5.41, 5.74) is 2.76. The van der Waals surface area contributed by atoms with Gasteiger partial charge in [-0.3, -0.25) is 9.97 Å². The lowest BCUT2D eigenvalue weighted by Crippen LogP contribution is -2.27. The summed E-state index contributed by atoms with van der Waals surface area (Å²) in [5.74, 6) is 0.868. The second-order valence-electron chi connectivity index (χ2n) is 4.87. The number of aryl methyl sites for hydroxylation is 2. The third-order valence-electron chi connectivity index (χ3n) is 3.21. The molecule has 0 aromatic carbocycles. The predicted molar refractivity (Wildman–Crippen MR) is 66.6 cm³/mol. The van der Waals surface area contributed by atoms with E-state index in [1.807, 2.05) is 13.8 Å². The third-order valence-corrected chi connectivity index (χ3v) is 5.10. The van der Waals surface area contributed by atoms with E-state index in [2.05, 4.69) is 9.97 Å². The topological polar surface area (TPSA) is 59.9 Å². The van der Waals surface area contributed by atoms with Gasteiger partial charge in [-0.15, -0.1) is 0 Å². The molecule has 94 valence electrons. The second-order valence-corrected chi connectivity index (χ2v) is 7.10. The van der Waals surface area contributed by atoms with E-state index in [0.29, 0.717) is 11.5 Å². The maximum atomic E-state index is 11.6. The van der Waals surface area contributed by atoms with Crippen LogP contribution in [0.25, 0.3) is 0 Å². The van der Waals surface area contributed by atoms with Crippen molar-refractivity contribution in [1.29, 1.82) is 0 Å². The highest BCUT2D eigenvalue weighted by Gasteiger charge is 2.25. The molecule has 0 amide bonds. The Labute approximate surface area is 102 Å². The molecule has 1 saturated heterocycles. The Kier molecular flexibility index (Phi) is 3.47. The van der Waals surface area contributed by atoms with E-state index in [4.69, 9.17) is 0 Å². The van der Waals surface area contributed by atoms with Crippen LogP contribution in [0.3, 0.4) is 0 Å². The van der Waals surface area contributed by atoms with Crippen molar-refractivity contribution in [2.75, 3.05) is 11.5 Å². The summed E-state index contributed by atoms with van der Waals surface area (Å²) in [5, 5.41) is 0. The lowest BCUT2D eigenvalue weighted by Gasteiger charge is -2.21. The maximum Gasteiger partial charge on any atom is 0.150 e. The molecule has 0 N–H and O–H groups in total. The van der Waals surface area contributed by atoms with Crippen molar-refractivity contribution in [2.45, 2.75) is 33.1 Å². The van der Waals surface area contributed by atoms with Crippen LogP contribution >= 0.6 is 0 Å². The van der Waals surface area contributed by atoms with Crippen LogP contribution in [0.5, 0.6) is 0 Å². The Morgan fingerprint density at radius 1 is 1.41 bits per heavy atom. The Morgan fingerprint density at radius 3 is 2.88 bits per heavy atom. The number of hydrogen-bond donors (Lipinski definition) is 0. The molecule has 0 spiro atoms. The van der Waals surface area contributed by atoms with Gasteiger partial charge in [0.2, 0.25) is 0 Å². The molecule has 2 rings (SSSR count). The number of hydrogen-bond acceptors (Lipinski definition) is 4. The van der Waals surface area contributed by atoms with Crippen molar-refractivity contribution < 1.29 is 8.42 Å². The summed E-state index contributed by atoms with van der Waals surface area (Å²) in [6, 6.07) is 0. The van der Waals surface area contributed by atoms with Crippen molar-refractivity contribution in [1.82, 2.24) is 9.97 Å². The highest BCUT2D eigenvalue weighted by molar-refractivity contribution is 7.91. The van der Waals surface area contributed by atoms with Gasteiger partial charge in [-0.1, -0.05) is 0 Å². The molecule has 1 atom stereocenters. The van der Waals surface area contributed by atoms with E-state index < -0.39 is 9.84 Å². The number of sulfone groups is 1. The Bertz CT molecular complexity index is 511. The van der Waals surface area contributed by atoms with Crippen LogP contribution < -0.4 is 0 Å². The molecule has 0 bridgehead atoms. The van der Waals surface area contributed by atoms with Gasteiger partial charge in [-0.25, -0.2) is 8.42 Å². The van der Waals surface area contributed by atoms with Crippen molar-refractivity contribution in [3.8, 4) is 0 Å². The molecule has 4 nitrogen and oxygen atoms in total. The first-order chi connectivity index (χ1) is 7.96. The number of aromatic nitrogens is 2. The van der Waals surface area contributed by atoms with Crippen LogP contribution in [0.4, 0.5) is 0 Å². The molecule has 0 radical (unpaired) electrons. The van der Waals surface area contributed by atoms with Crippen LogP contribution in [-0.4, -0.2) is 29.9 Å². The summed E-state index contributed by atoms with van der Waals surface area (Å²) in [6.07, 6.45) is 4.25. The Hall–Kier alpha value is -0.970. The lowest BCUT2D eigenvalue weighted by atomic mass is 9.98. The smallest absolute Gasteiger partial charge is 0.150 e. The van der Waals surface area contributed by atoms with Crippen molar-refractivity contribution in [2.24, 2.45) is 5.92 Å². The van der Waals surface area contributed by atoms with E-state index in [9.17, 15) is 8.42 Å². The van der Waals surface area contributed by atoms with Crippen molar-refractivity contribution in [3.05, 3.63) is 23.3 Å². The minimum Gasteiger partial charge on any atom is -0.258 e. The Morgan fingerprint density at radius 2 is 2.18 bits per heavy atom. The molecule has 5 heteroatoms. The largest absolute Gasteiger partial charge is 0.258 e. The van der Waals surface area contributed by atoms with Gasteiger partial charge in [0.15, 0.2) is 9.84 Å². The van der Waals surface area contributed by atoms with Crippen LogP contribution in [0, 0.1) is 19.8 Å². The summed E-state index contributed by atoms with van der Waals surface area (Å²) in [4.78, 5) is 8.73. The van der Waals surface area contributed by atoms with Crippen molar-refractivity contribution >= 4 is 9.84 Å². The van der Waals surface area contributed by atoms with Gasteiger partial charge >= 0.3 is 0 Å². The van der Waals surface area contributed by atoms with Crippen LogP contribution in [0.1, 0.15) is 29.9 Å². The molecule has 1 aromatic heterocycles. The van der Waals surface area contributed by atoms with E-state index in [1.54, 1.807) is 6.20 Å². The van der Waals surface area contributed by atoms with Gasteiger partial charge in [0.05, 0.1) is 28.6 Å². The highest BCUT2D eigenvalue weighted by atomic mass is 32.2. The van der Waals surface area contributed by atoms with Crippen molar-refractivity contribution in [3.63, 3.8) is 0 Å². The lowest BCUT2D eigenvalue weighted by molar-refractivity contribution is 0.478. The van der Waals surface area contributed by atoms with E-state index in [-0.39, 0.29) is 5.92 Å². The molecule has 1 aromatic rings. The van der Waals surface area contributed by atoms with Gasteiger partial charge in [0, 0.05) is 6.20 Å². The summed E-state index contributed by atoms with van der Waals surface area (Å²) < 4.78 is 23.1. The van der Waals surface area contributed by atoms with Crippen LogP contribution in [0.2, 0.25) is 0 Å². The van der Waals surface area contributed by atoms with E-state index >= 15 is 0 Å². The zero-order chi connectivity index (χ0) is 12.5. The standard InChI is InChI=1S/C12H18N2O2S/c1-9-7-13-10(2)12(14-9)6-11-4-3-5-17(15,16)8-11/h7,11H,3-6,8H2,1-2H3. The summed E-state index contributed by atoms with van der Waals surface area (Å²) >= 11 is 0. The zero-order valence-corrected chi connectivity index (χ0v) is 11.1. The Balaban J connectivity index is 2.13. The van der Waals surface area contributed by atoms with Gasteiger partial charge < -0.3 is 0 Å². The SMILES string of the molecule is Cc1cnc(C)c(CC2CCCS(=O)(=O)C2)n1. The van der Waals surface area contributed by atoms with Gasteiger partial charge in [-0.05, 0) is 39.0 Å². The van der Waals surface area contributed by atoms with E-state index in [1.165, 1.54) is 0 Å². The molecular formula is C12H18N2O2S. The molecule has 0 aliphatic carbocycles. The average Bonchev–Trinajstić information content (AvgIpc) is 2.22. The van der Waals surface area contributed by atoms with Gasteiger partial charge in [0.1, 0.15) is 0 Å². The maximum absolute atomic E-state index is 11.6. The normalized spacial score (nSPS) is 23.5. The number of rotatable bonds is 2. The molecule has 0 saturated carbocycles. The quantitative estimate of drug-likeness (QED) is 0.801. The number of nitrogens with zero attached hydrogens (tertiary/aromatic N) is 2. The molecule has 17 heavy (non-hydrogen) atoms. The third kappa shape index (κ3) is 3.25. The molecule has 2 heterocycles. The second kappa shape index (κ2) is 4.72. The summed E-state index contributed by atoms with van der Waals surface area (Å²) in [6.45, 7) is 3.84. The highest BCUT2D eigenvalue weighted by Crippen LogP contribution is 2.22. The van der Waals surface area contributed by atoms with Crippen LogP contribution in [-0.2, 0) is 16.3 Å². The van der Waals surface area contributed by atoms with Crippen LogP contribution in [0.15, 0.2) is 6.20 Å². The monoisotopic (exact) mass is 254 g/mol. The minimum absolute atomic E-state index is 0.212. The molecular weight excluding hydrogens is 236 g/mol. The molecule has 1 aliphatic heterocycles. The predicted octanol–water partition coefficient (Wildman–Crippen LogP) is 1.46. The minimum atomic E-state index is -2.82. The molecule has 1 fully saturated rings. The first kappa shape index (κ1) is 12.5. The first-order valence-electron chi connectivity index (χ1n) is 5.96. The van der Waals surface area contributed by atoms with Gasteiger partial charge in [0.25, 0.3) is 0 Å². The van der Waals surface area contributed by atoms with E-state index in [0.717, 1.165) is 36.3 Å². The fourth-order valence-electron chi connectivity index (χ4n) is 2.33. The summed E-state index contributed by atoms with van der Waals surface area (Å²) in [7, 11) is -2.82. The molecule has 1 unspecified atom stereocenters. The average molecular weight is 254 g/mol. The van der Waals surface area contributed by atoms with Gasteiger partial charge in [-0.2, -0.15) is 0 Å².